The van der Waals surface area contributed by atoms with Crippen LogP contribution in [0, 0.1) is 11.3 Å². The molecule has 4 rings (SSSR count). The fourth-order valence-corrected chi connectivity index (χ4v) is 3.42. The average molecular weight is 292 g/mol. The van der Waals surface area contributed by atoms with Crippen molar-refractivity contribution in [3.63, 3.8) is 0 Å². The summed E-state index contributed by atoms with van der Waals surface area (Å²) in [4.78, 5) is 7.01. The Hall–Kier alpha value is -2.12. The number of para-hydroxylation sites is 1. The van der Waals surface area contributed by atoms with Crippen LogP contribution in [0.5, 0.6) is 0 Å². The fourth-order valence-electron chi connectivity index (χ4n) is 3.42. The van der Waals surface area contributed by atoms with Crippen molar-refractivity contribution < 1.29 is 0 Å². The number of anilines is 1. The summed E-state index contributed by atoms with van der Waals surface area (Å²) < 4.78 is 0. The van der Waals surface area contributed by atoms with Gasteiger partial charge in [0.05, 0.1) is 5.52 Å². The molecule has 1 N–H and O–H groups in total. The first-order valence-corrected chi connectivity index (χ1v) is 8.14. The van der Waals surface area contributed by atoms with E-state index in [9.17, 15) is 5.26 Å². The molecule has 1 saturated carbocycles. The van der Waals surface area contributed by atoms with Crippen LogP contribution in [0.25, 0.3) is 10.9 Å². The van der Waals surface area contributed by atoms with E-state index in [0.29, 0.717) is 11.7 Å². The molecule has 1 saturated heterocycles. The Kier molecular flexibility index (Phi) is 3.44. The highest BCUT2D eigenvalue weighted by atomic mass is 15.2. The topological polar surface area (TPSA) is 52.0 Å². The number of fused-ring (bicyclic) bond motifs is 1. The van der Waals surface area contributed by atoms with Gasteiger partial charge in [0, 0.05) is 36.2 Å². The molecule has 1 aromatic carbocycles. The molecule has 1 aromatic heterocycles. The minimum absolute atomic E-state index is 0.483. The molecule has 22 heavy (non-hydrogen) atoms. The molecule has 0 amide bonds. The van der Waals surface area contributed by atoms with E-state index in [-0.39, 0.29) is 0 Å². The highest BCUT2D eigenvalue weighted by molar-refractivity contribution is 5.91. The smallest absolute Gasteiger partial charge is 0.143 e. The van der Waals surface area contributed by atoms with Gasteiger partial charge in [0.15, 0.2) is 0 Å². The number of likely N-dealkylation sites (tertiary alicyclic amines) is 1. The van der Waals surface area contributed by atoms with Gasteiger partial charge in [-0.3, -0.25) is 0 Å². The van der Waals surface area contributed by atoms with Crippen molar-refractivity contribution in [3.05, 3.63) is 36.0 Å². The maximum Gasteiger partial charge on any atom is 0.143 e. The number of hydrogen-bond acceptors (Lipinski definition) is 4. The van der Waals surface area contributed by atoms with E-state index in [1.54, 1.807) is 0 Å². The molecule has 2 aromatic rings. The number of nitrogens with one attached hydrogen (secondary N) is 1. The van der Waals surface area contributed by atoms with E-state index in [1.165, 1.54) is 38.8 Å². The van der Waals surface area contributed by atoms with Crippen LogP contribution in [0.15, 0.2) is 30.3 Å². The lowest BCUT2D eigenvalue weighted by Gasteiger charge is -2.33. The lowest BCUT2D eigenvalue weighted by Crippen LogP contribution is -2.40. The van der Waals surface area contributed by atoms with Crippen molar-refractivity contribution in [2.45, 2.75) is 37.8 Å². The quantitative estimate of drug-likeness (QED) is 0.944. The Balaban J connectivity index is 1.55. The summed E-state index contributed by atoms with van der Waals surface area (Å²) in [6.07, 6.45) is 5.13. The molecule has 4 heteroatoms. The monoisotopic (exact) mass is 292 g/mol. The summed E-state index contributed by atoms with van der Waals surface area (Å²) in [5, 5.41) is 13.9. The molecule has 0 unspecified atom stereocenters. The molecule has 2 fully saturated rings. The highest BCUT2D eigenvalue weighted by Crippen LogP contribution is 2.31. The second-order valence-electron chi connectivity index (χ2n) is 6.37. The SMILES string of the molecule is N#Cc1cc(NC2CCN(C3CC3)CC2)c2ccccc2n1. The van der Waals surface area contributed by atoms with Crippen molar-refractivity contribution in [1.29, 1.82) is 5.26 Å². The Morgan fingerprint density at radius 2 is 1.91 bits per heavy atom. The first-order chi connectivity index (χ1) is 10.8. The minimum Gasteiger partial charge on any atom is -0.382 e. The van der Waals surface area contributed by atoms with E-state index in [2.05, 4.69) is 27.3 Å². The van der Waals surface area contributed by atoms with Gasteiger partial charge in [0.1, 0.15) is 11.8 Å². The average Bonchev–Trinajstić information content (AvgIpc) is 3.40. The van der Waals surface area contributed by atoms with Crippen LogP contribution in [0.1, 0.15) is 31.4 Å². The van der Waals surface area contributed by atoms with Gasteiger partial charge < -0.3 is 10.2 Å². The predicted molar refractivity (Wildman–Crippen MR) is 87.7 cm³/mol. The third-order valence-electron chi connectivity index (χ3n) is 4.78. The molecule has 0 bridgehead atoms. The van der Waals surface area contributed by atoms with E-state index in [0.717, 1.165) is 22.6 Å². The maximum atomic E-state index is 9.18. The minimum atomic E-state index is 0.483. The number of rotatable bonds is 3. The lowest BCUT2D eigenvalue weighted by molar-refractivity contribution is 0.210. The summed E-state index contributed by atoms with van der Waals surface area (Å²) in [6, 6.07) is 13.4. The number of hydrogen-bond donors (Lipinski definition) is 1. The largest absolute Gasteiger partial charge is 0.382 e. The zero-order valence-electron chi connectivity index (χ0n) is 12.6. The van der Waals surface area contributed by atoms with Crippen LogP contribution in [0.3, 0.4) is 0 Å². The molecular weight excluding hydrogens is 272 g/mol. The van der Waals surface area contributed by atoms with Crippen LogP contribution < -0.4 is 5.32 Å². The standard InChI is InChI=1S/C18H20N4/c19-12-14-11-18(16-3-1-2-4-17(16)21-14)20-13-7-9-22(10-8-13)15-5-6-15/h1-4,11,13,15H,5-10H2,(H,20,21). The third-order valence-corrected chi connectivity index (χ3v) is 4.78. The molecule has 4 nitrogen and oxygen atoms in total. The maximum absolute atomic E-state index is 9.18. The van der Waals surface area contributed by atoms with Gasteiger partial charge in [-0.2, -0.15) is 5.26 Å². The lowest BCUT2D eigenvalue weighted by atomic mass is 10.0. The number of benzene rings is 1. The van der Waals surface area contributed by atoms with Crippen LogP contribution >= 0.6 is 0 Å². The first kappa shape index (κ1) is 13.5. The van der Waals surface area contributed by atoms with Crippen LogP contribution in [0.4, 0.5) is 5.69 Å². The van der Waals surface area contributed by atoms with Crippen molar-refractivity contribution in [3.8, 4) is 6.07 Å². The molecule has 1 aliphatic carbocycles. The number of aromatic nitrogens is 1. The van der Waals surface area contributed by atoms with Gasteiger partial charge >= 0.3 is 0 Å². The zero-order chi connectivity index (χ0) is 14.9. The van der Waals surface area contributed by atoms with E-state index < -0.39 is 0 Å². The van der Waals surface area contributed by atoms with Crippen LogP contribution in [-0.4, -0.2) is 35.1 Å². The molecule has 2 heterocycles. The number of piperidine rings is 1. The van der Waals surface area contributed by atoms with E-state index in [1.807, 2.05) is 24.3 Å². The van der Waals surface area contributed by atoms with Crippen LogP contribution in [0.2, 0.25) is 0 Å². The van der Waals surface area contributed by atoms with E-state index in [4.69, 9.17) is 0 Å². The van der Waals surface area contributed by atoms with Crippen LogP contribution in [-0.2, 0) is 0 Å². The summed E-state index contributed by atoms with van der Waals surface area (Å²) in [5.41, 5.74) is 2.42. The Morgan fingerprint density at radius 1 is 1.14 bits per heavy atom. The molecule has 2 aliphatic rings. The molecule has 112 valence electrons. The third kappa shape index (κ3) is 2.65. The van der Waals surface area contributed by atoms with E-state index >= 15 is 0 Å². The van der Waals surface area contributed by atoms with Gasteiger partial charge in [-0.05, 0) is 37.8 Å². The summed E-state index contributed by atoms with van der Waals surface area (Å²) >= 11 is 0. The fraction of sp³-hybridized carbons (Fsp3) is 0.444. The highest BCUT2D eigenvalue weighted by Gasteiger charge is 2.31. The molecular formula is C18H20N4. The van der Waals surface area contributed by atoms with Crippen molar-refractivity contribution in [1.82, 2.24) is 9.88 Å². The van der Waals surface area contributed by atoms with Gasteiger partial charge in [0.25, 0.3) is 0 Å². The van der Waals surface area contributed by atoms with Crippen molar-refractivity contribution in [2.75, 3.05) is 18.4 Å². The predicted octanol–water partition coefficient (Wildman–Crippen LogP) is 3.15. The van der Waals surface area contributed by atoms with Gasteiger partial charge in [-0.25, -0.2) is 4.98 Å². The Morgan fingerprint density at radius 3 is 2.64 bits per heavy atom. The van der Waals surface area contributed by atoms with Gasteiger partial charge in [-0.1, -0.05) is 18.2 Å². The summed E-state index contributed by atoms with van der Waals surface area (Å²) in [7, 11) is 0. The summed E-state index contributed by atoms with van der Waals surface area (Å²) in [6.45, 7) is 2.38. The second kappa shape index (κ2) is 5.58. The Labute approximate surface area is 130 Å². The van der Waals surface area contributed by atoms with Crippen molar-refractivity contribution in [2.24, 2.45) is 0 Å². The second-order valence-corrected chi connectivity index (χ2v) is 6.37. The number of pyridine rings is 1. The van der Waals surface area contributed by atoms with Gasteiger partial charge in [-0.15, -0.1) is 0 Å². The molecule has 1 aliphatic heterocycles. The van der Waals surface area contributed by atoms with Gasteiger partial charge in [0.2, 0.25) is 0 Å². The molecule has 0 atom stereocenters. The number of nitriles is 1. The number of nitrogens with zero attached hydrogens (tertiary/aromatic N) is 3. The first-order valence-electron chi connectivity index (χ1n) is 8.14. The molecule has 0 radical (unpaired) electrons. The normalized spacial score (nSPS) is 20.0. The zero-order valence-corrected chi connectivity index (χ0v) is 12.6. The van der Waals surface area contributed by atoms with Crippen molar-refractivity contribution >= 4 is 16.6 Å². The summed E-state index contributed by atoms with van der Waals surface area (Å²) in [5.74, 6) is 0. The Bertz CT molecular complexity index is 721. The molecule has 0 spiro atoms.